The summed E-state index contributed by atoms with van der Waals surface area (Å²) in [5.74, 6) is 0.294. The van der Waals surface area contributed by atoms with Crippen molar-refractivity contribution in [2.24, 2.45) is 18.7 Å². The van der Waals surface area contributed by atoms with E-state index in [1.54, 1.807) is 11.6 Å². The molecule has 7 heteroatoms. The van der Waals surface area contributed by atoms with Gasteiger partial charge in [-0.3, -0.25) is 0 Å². The van der Waals surface area contributed by atoms with Crippen molar-refractivity contribution in [1.82, 2.24) is 13.9 Å². The van der Waals surface area contributed by atoms with Crippen molar-refractivity contribution in [2.45, 2.75) is 30.8 Å². The van der Waals surface area contributed by atoms with Crippen LogP contribution in [0.2, 0.25) is 0 Å². The minimum Gasteiger partial charge on any atom is -0.339 e. The van der Waals surface area contributed by atoms with Gasteiger partial charge in [0.05, 0.1) is 6.33 Å². The molecular weight excluding hydrogens is 252 g/mol. The quantitative estimate of drug-likeness (QED) is 0.850. The van der Waals surface area contributed by atoms with E-state index in [2.05, 4.69) is 11.9 Å². The number of aromatic nitrogens is 2. The minimum absolute atomic E-state index is 0.109. The Bertz CT molecular complexity index is 511. The van der Waals surface area contributed by atoms with Gasteiger partial charge in [-0.05, 0) is 18.8 Å². The number of hydrogen-bond acceptors (Lipinski definition) is 4. The van der Waals surface area contributed by atoms with Crippen LogP contribution in [0.1, 0.15) is 19.8 Å². The van der Waals surface area contributed by atoms with E-state index < -0.39 is 10.0 Å². The molecule has 1 fully saturated rings. The molecule has 1 aromatic rings. The predicted molar refractivity (Wildman–Crippen MR) is 68.3 cm³/mol. The zero-order valence-electron chi connectivity index (χ0n) is 10.8. The van der Waals surface area contributed by atoms with E-state index in [4.69, 9.17) is 5.73 Å². The van der Waals surface area contributed by atoms with Crippen molar-refractivity contribution in [3.63, 3.8) is 0 Å². The van der Waals surface area contributed by atoms with E-state index in [-0.39, 0.29) is 11.1 Å². The van der Waals surface area contributed by atoms with Crippen LogP contribution in [0.25, 0.3) is 0 Å². The Morgan fingerprint density at radius 1 is 1.56 bits per heavy atom. The van der Waals surface area contributed by atoms with Gasteiger partial charge in [0, 0.05) is 32.4 Å². The molecule has 2 rings (SSSR count). The second-order valence-corrected chi connectivity index (χ2v) is 6.75. The van der Waals surface area contributed by atoms with Crippen LogP contribution < -0.4 is 5.73 Å². The van der Waals surface area contributed by atoms with E-state index in [1.807, 2.05) is 0 Å². The summed E-state index contributed by atoms with van der Waals surface area (Å²) in [6.07, 6.45) is 4.93. The van der Waals surface area contributed by atoms with Crippen molar-refractivity contribution in [3.05, 3.63) is 12.5 Å². The molecule has 102 valence electrons. The third-order valence-electron chi connectivity index (χ3n) is 3.56. The largest absolute Gasteiger partial charge is 0.339 e. The average molecular weight is 272 g/mol. The van der Waals surface area contributed by atoms with Gasteiger partial charge in [0.25, 0.3) is 10.0 Å². The number of rotatable bonds is 3. The summed E-state index contributed by atoms with van der Waals surface area (Å²) in [6, 6.07) is -0.120. The molecule has 18 heavy (non-hydrogen) atoms. The first-order valence-electron chi connectivity index (χ1n) is 6.16. The fraction of sp³-hybridized carbons (Fsp3) is 0.727. The summed E-state index contributed by atoms with van der Waals surface area (Å²) in [4.78, 5) is 3.95. The molecule has 1 aromatic heterocycles. The van der Waals surface area contributed by atoms with Crippen LogP contribution >= 0.6 is 0 Å². The second kappa shape index (κ2) is 4.99. The first kappa shape index (κ1) is 13.5. The van der Waals surface area contributed by atoms with Crippen LogP contribution in [0.15, 0.2) is 17.6 Å². The molecule has 2 atom stereocenters. The van der Waals surface area contributed by atoms with Gasteiger partial charge in [0.1, 0.15) is 0 Å². The zero-order valence-corrected chi connectivity index (χ0v) is 11.6. The molecule has 0 amide bonds. The van der Waals surface area contributed by atoms with Crippen molar-refractivity contribution in [2.75, 3.05) is 13.1 Å². The van der Waals surface area contributed by atoms with Gasteiger partial charge in [0.2, 0.25) is 0 Å². The lowest BCUT2D eigenvalue weighted by atomic mass is 9.93. The Morgan fingerprint density at radius 3 is 2.83 bits per heavy atom. The standard InChI is InChI=1S/C11H20N4O2S/c1-9-4-3-5-15(10(9)6-12)18(16,17)11-7-14(2)8-13-11/h7-10H,3-6,12H2,1-2H3. The van der Waals surface area contributed by atoms with Crippen LogP contribution in [0.5, 0.6) is 0 Å². The van der Waals surface area contributed by atoms with Crippen LogP contribution in [0, 0.1) is 5.92 Å². The summed E-state index contributed by atoms with van der Waals surface area (Å²) in [5.41, 5.74) is 5.73. The monoisotopic (exact) mass is 272 g/mol. The zero-order chi connectivity index (χ0) is 13.3. The van der Waals surface area contributed by atoms with E-state index >= 15 is 0 Å². The number of piperidine rings is 1. The van der Waals surface area contributed by atoms with E-state index in [0.717, 1.165) is 12.8 Å². The van der Waals surface area contributed by atoms with Gasteiger partial charge >= 0.3 is 0 Å². The molecule has 0 spiro atoms. The fourth-order valence-corrected chi connectivity index (χ4v) is 4.24. The minimum atomic E-state index is -3.51. The molecule has 0 saturated carbocycles. The molecule has 0 bridgehead atoms. The Kier molecular flexibility index (Phi) is 3.74. The molecule has 1 saturated heterocycles. The van der Waals surface area contributed by atoms with Gasteiger partial charge in [0.15, 0.2) is 5.03 Å². The highest BCUT2D eigenvalue weighted by molar-refractivity contribution is 7.89. The Hall–Kier alpha value is -0.920. The number of nitrogens with zero attached hydrogens (tertiary/aromatic N) is 3. The van der Waals surface area contributed by atoms with Gasteiger partial charge in [-0.25, -0.2) is 13.4 Å². The van der Waals surface area contributed by atoms with Crippen LogP contribution in [-0.4, -0.2) is 41.4 Å². The number of nitrogens with two attached hydrogens (primary N) is 1. The smallest absolute Gasteiger partial charge is 0.262 e. The van der Waals surface area contributed by atoms with Gasteiger partial charge in [-0.2, -0.15) is 4.31 Å². The molecular formula is C11H20N4O2S. The first-order valence-corrected chi connectivity index (χ1v) is 7.60. The Labute approximate surface area is 108 Å². The summed E-state index contributed by atoms with van der Waals surface area (Å²) in [5, 5.41) is 0.109. The lowest BCUT2D eigenvalue weighted by molar-refractivity contribution is 0.192. The molecule has 2 N–H and O–H groups in total. The maximum Gasteiger partial charge on any atom is 0.262 e. The summed E-state index contributed by atoms with van der Waals surface area (Å²) < 4.78 is 28.2. The van der Waals surface area contributed by atoms with E-state index in [1.165, 1.54) is 16.8 Å². The molecule has 1 aliphatic heterocycles. The van der Waals surface area contributed by atoms with Gasteiger partial charge < -0.3 is 10.3 Å². The highest BCUT2D eigenvalue weighted by Gasteiger charge is 2.37. The average Bonchev–Trinajstić information content (AvgIpc) is 2.76. The van der Waals surface area contributed by atoms with Crippen LogP contribution in [0.4, 0.5) is 0 Å². The summed E-state index contributed by atoms with van der Waals surface area (Å²) >= 11 is 0. The molecule has 0 radical (unpaired) electrons. The summed E-state index contributed by atoms with van der Waals surface area (Å²) in [7, 11) is -1.76. The predicted octanol–water partition coefficient (Wildman–Crippen LogP) is 0.168. The molecule has 0 aromatic carbocycles. The third-order valence-corrected chi connectivity index (χ3v) is 5.37. The lowest BCUT2D eigenvalue weighted by Gasteiger charge is -2.37. The highest BCUT2D eigenvalue weighted by atomic mass is 32.2. The highest BCUT2D eigenvalue weighted by Crippen LogP contribution is 2.27. The van der Waals surface area contributed by atoms with E-state index in [0.29, 0.717) is 19.0 Å². The lowest BCUT2D eigenvalue weighted by Crippen LogP contribution is -2.51. The van der Waals surface area contributed by atoms with Crippen molar-refractivity contribution in [3.8, 4) is 0 Å². The Balaban J connectivity index is 2.34. The Morgan fingerprint density at radius 2 is 2.28 bits per heavy atom. The van der Waals surface area contributed by atoms with Crippen LogP contribution in [0.3, 0.4) is 0 Å². The van der Waals surface area contributed by atoms with Gasteiger partial charge in [-0.1, -0.05) is 6.92 Å². The molecule has 2 heterocycles. The number of sulfonamides is 1. The number of hydrogen-bond donors (Lipinski definition) is 1. The molecule has 0 aliphatic carbocycles. The molecule has 6 nitrogen and oxygen atoms in total. The maximum atomic E-state index is 12.5. The topological polar surface area (TPSA) is 81.2 Å². The normalized spacial score (nSPS) is 26.4. The van der Waals surface area contributed by atoms with Crippen molar-refractivity contribution < 1.29 is 8.42 Å². The molecule has 1 aliphatic rings. The third kappa shape index (κ3) is 2.30. The molecule has 2 unspecified atom stereocenters. The number of imidazole rings is 1. The van der Waals surface area contributed by atoms with Crippen molar-refractivity contribution in [1.29, 1.82) is 0 Å². The fourth-order valence-electron chi connectivity index (χ4n) is 2.50. The summed E-state index contributed by atoms with van der Waals surface area (Å²) in [6.45, 7) is 2.94. The van der Waals surface area contributed by atoms with E-state index in [9.17, 15) is 8.42 Å². The second-order valence-electron chi connectivity index (χ2n) is 4.92. The van der Waals surface area contributed by atoms with Crippen LogP contribution in [-0.2, 0) is 17.1 Å². The van der Waals surface area contributed by atoms with Gasteiger partial charge in [-0.15, -0.1) is 0 Å². The first-order chi connectivity index (χ1) is 8.46. The maximum absolute atomic E-state index is 12.5. The van der Waals surface area contributed by atoms with Crippen molar-refractivity contribution >= 4 is 10.0 Å². The SMILES string of the molecule is CC1CCCN(S(=O)(=O)c2cn(C)cn2)C1CN. The number of aryl methyl sites for hydroxylation is 1.